The van der Waals surface area contributed by atoms with Gasteiger partial charge >= 0.3 is 6.18 Å². The third-order valence-electron chi connectivity index (χ3n) is 8.82. The van der Waals surface area contributed by atoms with Crippen LogP contribution in [0.1, 0.15) is 94.8 Å². The molecule has 2 saturated heterocycles. The largest absolute Gasteiger partial charge is 0.416 e. The van der Waals surface area contributed by atoms with Crippen molar-refractivity contribution in [1.29, 1.82) is 0 Å². The summed E-state index contributed by atoms with van der Waals surface area (Å²) in [5, 5.41) is 11.9. The number of halogens is 3. The first-order valence-electron chi connectivity index (χ1n) is 14.5. The number of Topliss-reactive ketones (excluding diaryl/α,β-unsaturated/α-hetero) is 1. The van der Waals surface area contributed by atoms with E-state index in [1.807, 2.05) is 4.90 Å². The predicted molar refractivity (Wildman–Crippen MR) is 147 cm³/mol. The molecule has 222 valence electrons. The summed E-state index contributed by atoms with van der Waals surface area (Å²) in [7, 11) is 0. The number of aliphatic hydroxyl groups is 1. The molecule has 3 fully saturated rings. The number of alkyl halides is 3. The number of ketones is 1. The Kier molecular flexibility index (Phi) is 8.84. The number of carbonyl (C=O) groups is 3. The summed E-state index contributed by atoms with van der Waals surface area (Å²) in [4.78, 5) is 46.5. The first-order chi connectivity index (χ1) is 19.5. The van der Waals surface area contributed by atoms with Crippen LogP contribution >= 0.6 is 11.3 Å². The van der Waals surface area contributed by atoms with Gasteiger partial charge < -0.3 is 14.9 Å². The number of thiazole rings is 1. The third kappa shape index (κ3) is 6.99. The number of hydrogen-bond donors (Lipinski definition) is 1. The van der Waals surface area contributed by atoms with E-state index in [-0.39, 0.29) is 30.2 Å². The molecule has 1 atom stereocenters. The Hall–Kier alpha value is -2.79. The van der Waals surface area contributed by atoms with E-state index in [0.29, 0.717) is 47.7 Å². The van der Waals surface area contributed by atoms with Crippen LogP contribution in [0.25, 0.3) is 0 Å². The van der Waals surface area contributed by atoms with Crippen LogP contribution in [0.15, 0.2) is 30.5 Å². The summed E-state index contributed by atoms with van der Waals surface area (Å²) in [5.41, 5.74) is -1.91. The molecule has 0 unspecified atom stereocenters. The molecule has 3 aliphatic rings. The van der Waals surface area contributed by atoms with Crippen molar-refractivity contribution in [3.63, 3.8) is 0 Å². The smallest absolute Gasteiger partial charge is 0.383 e. The third-order valence-corrected chi connectivity index (χ3v) is 10.0. The summed E-state index contributed by atoms with van der Waals surface area (Å²) >= 11 is 1.31. The lowest BCUT2D eigenvalue weighted by atomic mass is 9.75. The molecule has 2 aromatic rings. The van der Waals surface area contributed by atoms with E-state index in [2.05, 4.69) is 4.98 Å². The molecule has 7 nitrogen and oxygen atoms in total. The minimum absolute atomic E-state index is 0.00361. The van der Waals surface area contributed by atoms with Gasteiger partial charge in [0.1, 0.15) is 15.5 Å². The number of nitrogens with zero attached hydrogens (tertiary/aromatic N) is 3. The molecule has 1 N–H and O–H groups in total. The fourth-order valence-corrected chi connectivity index (χ4v) is 7.41. The highest BCUT2D eigenvalue weighted by Crippen LogP contribution is 2.43. The van der Waals surface area contributed by atoms with Gasteiger partial charge in [-0.1, -0.05) is 12.1 Å². The van der Waals surface area contributed by atoms with Gasteiger partial charge in [-0.05, 0) is 75.3 Å². The topological polar surface area (TPSA) is 90.8 Å². The first kappa shape index (κ1) is 29.7. The van der Waals surface area contributed by atoms with E-state index in [1.54, 1.807) is 11.1 Å². The Labute approximate surface area is 241 Å². The number of amides is 2. The van der Waals surface area contributed by atoms with Gasteiger partial charge in [0.2, 0.25) is 5.91 Å². The van der Waals surface area contributed by atoms with Gasteiger partial charge in [-0.25, -0.2) is 4.98 Å². The zero-order valence-corrected chi connectivity index (χ0v) is 23.8. The standard InChI is InChI=1S/C30H36F3N3O4S/c31-30(32,33)23-5-3-4-22(17-23)24(37)6-7-26(38)36-15-10-21(19-36)16-20-8-11-29(40,12-9-20)28-34-18-25(41-28)27(39)35-13-1-2-14-35/h3-5,17-18,20-21,40H,1-2,6-16,19H2/t20?,21-,29?/m1/s1. The SMILES string of the molecule is O=C(CCC(=O)N1CC[C@H](CC2CCC(O)(c3ncc(C(=O)N4CCCC4)s3)CC2)C1)c1cccc(C(F)(F)F)c1. The van der Waals surface area contributed by atoms with Gasteiger partial charge in [0.25, 0.3) is 5.91 Å². The van der Waals surface area contributed by atoms with Crippen molar-refractivity contribution >= 4 is 28.9 Å². The molecule has 11 heteroatoms. The first-order valence-corrected chi connectivity index (χ1v) is 15.3. The molecule has 1 saturated carbocycles. The molecular formula is C30H36F3N3O4S. The zero-order valence-electron chi connectivity index (χ0n) is 23.0. The molecule has 0 radical (unpaired) electrons. The molecule has 1 aliphatic carbocycles. The second-order valence-electron chi connectivity index (χ2n) is 11.7. The number of hydrogen-bond acceptors (Lipinski definition) is 6. The monoisotopic (exact) mass is 591 g/mol. The van der Waals surface area contributed by atoms with Crippen molar-refractivity contribution in [2.75, 3.05) is 26.2 Å². The highest BCUT2D eigenvalue weighted by Gasteiger charge is 2.39. The highest BCUT2D eigenvalue weighted by atomic mass is 32.1. The van der Waals surface area contributed by atoms with Gasteiger partial charge in [0.05, 0.1) is 11.8 Å². The predicted octanol–water partition coefficient (Wildman–Crippen LogP) is 5.68. The lowest BCUT2D eigenvalue weighted by Gasteiger charge is -2.35. The molecule has 2 aliphatic heterocycles. The minimum Gasteiger partial charge on any atom is -0.383 e. The number of rotatable bonds is 8. The van der Waals surface area contributed by atoms with Gasteiger partial charge in [-0.3, -0.25) is 14.4 Å². The van der Waals surface area contributed by atoms with E-state index in [9.17, 15) is 32.7 Å². The molecule has 41 heavy (non-hydrogen) atoms. The van der Waals surface area contributed by atoms with Gasteiger partial charge in [0, 0.05) is 44.6 Å². The number of likely N-dealkylation sites (tertiary alicyclic amines) is 2. The van der Waals surface area contributed by atoms with Crippen molar-refractivity contribution in [2.24, 2.45) is 11.8 Å². The second kappa shape index (κ2) is 12.2. The van der Waals surface area contributed by atoms with Crippen molar-refractivity contribution in [1.82, 2.24) is 14.8 Å². The number of carbonyl (C=O) groups excluding carboxylic acids is 3. The Morgan fingerprint density at radius 1 is 1.00 bits per heavy atom. The average Bonchev–Trinajstić information content (AvgIpc) is 3.75. The fraction of sp³-hybridized carbons (Fsp3) is 0.600. The number of aromatic nitrogens is 1. The van der Waals surface area contributed by atoms with Crippen LogP contribution in [0.5, 0.6) is 0 Å². The van der Waals surface area contributed by atoms with Crippen LogP contribution < -0.4 is 0 Å². The van der Waals surface area contributed by atoms with Gasteiger partial charge in [-0.15, -0.1) is 11.3 Å². The Balaban J connectivity index is 1.06. The van der Waals surface area contributed by atoms with E-state index in [1.165, 1.54) is 23.5 Å². The lowest BCUT2D eigenvalue weighted by Crippen LogP contribution is -2.32. The normalized spacial score (nSPS) is 25.1. The van der Waals surface area contributed by atoms with Crippen LogP contribution in [0.4, 0.5) is 13.2 Å². The maximum absolute atomic E-state index is 12.9. The molecule has 0 spiro atoms. The van der Waals surface area contributed by atoms with Crippen molar-refractivity contribution in [3.05, 3.63) is 51.5 Å². The molecule has 1 aromatic heterocycles. The molecule has 0 bridgehead atoms. The van der Waals surface area contributed by atoms with Crippen LogP contribution in [-0.2, 0) is 16.6 Å². The number of benzene rings is 1. The highest BCUT2D eigenvalue weighted by molar-refractivity contribution is 7.13. The average molecular weight is 592 g/mol. The molecule has 5 rings (SSSR count). The van der Waals surface area contributed by atoms with Crippen molar-refractivity contribution in [3.8, 4) is 0 Å². The summed E-state index contributed by atoms with van der Waals surface area (Å²) in [5.74, 6) is 0.169. The quantitative estimate of drug-likeness (QED) is 0.399. The van der Waals surface area contributed by atoms with Crippen LogP contribution in [0.2, 0.25) is 0 Å². The molecule has 2 amide bonds. The minimum atomic E-state index is -4.52. The zero-order chi connectivity index (χ0) is 29.2. The van der Waals surface area contributed by atoms with E-state index < -0.39 is 23.1 Å². The van der Waals surface area contributed by atoms with Crippen molar-refractivity contribution in [2.45, 2.75) is 76.0 Å². The maximum Gasteiger partial charge on any atom is 0.416 e. The maximum atomic E-state index is 12.9. The fourth-order valence-electron chi connectivity index (χ4n) is 6.38. The Bertz CT molecular complexity index is 1270. The summed E-state index contributed by atoms with van der Waals surface area (Å²) in [6, 6.07) is 4.32. The molecule has 1 aromatic carbocycles. The van der Waals surface area contributed by atoms with Gasteiger partial charge in [-0.2, -0.15) is 13.2 Å². The molecular weight excluding hydrogens is 555 g/mol. The van der Waals surface area contributed by atoms with E-state index >= 15 is 0 Å². The Morgan fingerprint density at radius 3 is 2.44 bits per heavy atom. The summed E-state index contributed by atoms with van der Waals surface area (Å²) in [6.45, 7) is 2.79. The molecule has 3 heterocycles. The summed E-state index contributed by atoms with van der Waals surface area (Å²) < 4.78 is 38.8. The second-order valence-corrected chi connectivity index (χ2v) is 12.8. The van der Waals surface area contributed by atoms with Crippen molar-refractivity contribution < 1.29 is 32.7 Å². The van der Waals surface area contributed by atoms with Crippen LogP contribution in [0, 0.1) is 11.8 Å². The Morgan fingerprint density at radius 2 is 1.73 bits per heavy atom. The van der Waals surface area contributed by atoms with E-state index in [4.69, 9.17) is 0 Å². The summed E-state index contributed by atoms with van der Waals surface area (Å²) in [6.07, 6.45) is 3.71. The van der Waals surface area contributed by atoms with Gasteiger partial charge in [0.15, 0.2) is 5.78 Å². The van der Waals surface area contributed by atoms with E-state index in [0.717, 1.165) is 63.7 Å². The van der Waals surface area contributed by atoms with Crippen LogP contribution in [-0.4, -0.2) is 63.7 Å². The van der Waals surface area contributed by atoms with Crippen LogP contribution in [0.3, 0.4) is 0 Å². The lowest BCUT2D eigenvalue weighted by molar-refractivity contribution is -0.137.